The summed E-state index contributed by atoms with van der Waals surface area (Å²) in [4.78, 5) is 22.0. The highest BCUT2D eigenvalue weighted by Crippen LogP contribution is 2.28. The van der Waals surface area contributed by atoms with E-state index in [1.165, 1.54) is 11.1 Å². The second-order valence-electron chi connectivity index (χ2n) is 9.70. The number of carbonyl (C=O) groups is 1. The first-order valence-corrected chi connectivity index (χ1v) is 12.7. The molecule has 1 saturated heterocycles. The maximum Gasteiger partial charge on any atom is 0.271 e. The fourth-order valence-corrected chi connectivity index (χ4v) is 5.28. The van der Waals surface area contributed by atoms with Gasteiger partial charge in [-0.05, 0) is 55.5 Å². The molecule has 1 N–H and O–H groups in total. The minimum absolute atomic E-state index is 0.0338. The number of amides is 1. The van der Waals surface area contributed by atoms with E-state index < -0.39 is 0 Å². The van der Waals surface area contributed by atoms with Crippen LogP contribution in [0.3, 0.4) is 0 Å². The highest BCUT2D eigenvalue weighted by molar-refractivity contribution is 5.93. The summed E-state index contributed by atoms with van der Waals surface area (Å²) in [5, 5.41) is 7.33. The van der Waals surface area contributed by atoms with Gasteiger partial charge in [-0.25, -0.2) is 0 Å². The Morgan fingerprint density at radius 2 is 1.69 bits per heavy atom. The van der Waals surface area contributed by atoms with Crippen LogP contribution in [0.2, 0.25) is 0 Å². The Kier molecular flexibility index (Phi) is 7.52. The number of hydrogen-bond donors (Lipinski definition) is 1. The second-order valence-corrected chi connectivity index (χ2v) is 9.70. The van der Waals surface area contributed by atoms with Crippen molar-refractivity contribution in [2.75, 3.05) is 20.1 Å². The van der Waals surface area contributed by atoms with Gasteiger partial charge in [0, 0.05) is 43.6 Å². The standard InChI is InChI=1S/C30H33N5O/c1-34(22-24-11-8-16-31-21-24)29(19-23-9-4-2-5-10-23)26-14-17-35(18-15-26)30(36)28-20-27(32-33-28)25-12-6-3-7-13-25/h2-13,16,20-21,26,29H,14-15,17-19,22H2,1H3,(H,32,33). The summed E-state index contributed by atoms with van der Waals surface area (Å²) in [6.07, 6.45) is 6.74. The fraction of sp³-hybridized carbons (Fsp3) is 0.300. The number of H-pyrrole nitrogens is 1. The molecule has 1 aliphatic heterocycles. The smallest absolute Gasteiger partial charge is 0.271 e. The van der Waals surface area contributed by atoms with Gasteiger partial charge >= 0.3 is 0 Å². The van der Waals surface area contributed by atoms with Crippen molar-refractivity contribution >= 4 is 5.91 Å². The van der Waals surface area contributed by atoms with E-state index >= 15 is 0 Å². The number of rotatable bonds is 8. The summed E-state index contributed by atoms with van der Waals surface area (Å²) in [6.45, 7) is 2.38. The third kappa shape index (κ3) is 5.71. The van der Waals surface area contributed by atoms with Crippen molar-refractivity contribution in [2.45, 2.75) is 31.8 Å². The monoisotopic (exact) mass is 479 g/mol. The van der Waals surface area contributed by atoms with Crippen molar-refractivity contribution in [3.8, 4) is 11.3 Å². The largest absolute Gasteiger partial charge is 0.337 e. The topological polar surface area (TPSA) is 65.1 Å². The number of carbonyl (C=O) groups excluding carboxylic acids is 1. The van der Waals surface area contributed by atoms with Crippen molar-refractivity contribution in [1.82, 2.24) is 25.0 Å². The number of nitrogens with one attached hydrogen (secondary N) is 1. The summed E-state index contributed by atoms with van der Waals surface area (Å²) in [5.74, 6) is 0.545. The molecule has 0 aliphatic carbocycles. The molecular weight excluding hydrogens is 446 g/mol. The van der Waals surface area contributed by atoms with E-state index in [-0.39, 0.29) is 5.91 Å². The second kappa shape index (κ2) is 11.3. The van der Waals surface area contributed by atoms with E-state index in [0.717, 1.165) is 50.2 Å². The molecule has 1 amide bonds. The number of pyridine rings is 1. The molecule has 0 bridgehead atoms. The zero-order valence-corrected chi connectivity index (χ0v) is 20.8. The van der Waals surface area contributed by atoms with Crippen molar-refractivity contribution in [1.29, 1.82) is 0 Å². The molecule has 3 heterocycles. The van der Waals surface area contributed by atoms with Crippen molar-refractivity contribution in [3.05, 3.63) is 108 Å². The highest BCUT2D eigenvalue weighted by Gasteiger charge is 2.31. The zero-order valence-electron chi connectivity index (χ0n) is 20.8. The Bertz CT molecular complexity index is 1230. The first kappa shape index (κ1) is 23.9. The maximum atomic E-state index is 13.2. The average Bonchev–Trinajstić information content (AvgIpc) is 3.44. The zero-order chi connectivity index (χ0) is 24.7. The minimum atomic E-state index is 0.0338. The molecule has 4 aromatic rings. The number of likely N-dealkylation sites (N-methyl/N-ethyl adjacent to an activating group) is 1. The lowest BCUT2D eigenvalue weighted by Gasteiger charge is -2.40. The van der Waals surface area contributed by atoms with Crippen LogP contribution < -0.4 is 0 Å². The number of aromatic amines is 1. The Morgan fingerprint density at radius 3 is 2.39 bits per heavy atom. The summed E-state index contributed by atoms with van der Waals surface area (Å²) >= 11 is 0. The molecule has 1 unspecified atom stereocenters. The molecule has 0 saturated carbocycles. The summed E-state index contributed by atoms with van der Waals surface area (Å²) in [7, 11) is 2.22. The molecule has 1 aliphatic rings. The molecule has 5 rings (SSSR count). The molecule has 0 spiro atoms. The molecule has 2 aromatic heterocycles. The number of hydrogen-bond acceptors (Lipinski definition) is 4. The summed E-state index contributed by atoms with van der Waals surface area (Å²) in [6, 6.07) is 27.1. The Hall–Kier alpha value is -3.77. The fourth-order valence-electron chi connectivity index (χ4n) is 5.28. The Labute approximate surface area is 213 Å². The van der Waals surface area contributed by atoms with Crippen LogP contribution in [0.25, 0.3) is 11.3 Å². The molecule has 0 radical (unpaired) electrons. The van der Waals surface area contributed by atoms with Crippen LogP contribution >= 0.6 is 0 Å². The minimum Gasteiger partial charge on any atom is -0.337 e. The lowest BCUT2D eigenvalue weighted by Crippen LogP contribution is -2.46. The molecule has 6 heteroatoms. The van der Waals surface area contributed by atoms with Crippen LogP contribution in [-0.4, -0.2) is 57.1 Å². The summed E-state index contributed by atoms with van der Waals surface area (Å²) in [5.41, 5.74) is 4.94. The van der Waals surface area contributed by atoms with Gasteiger partial charge in [0.2, 0.25) is 0 Å². The number of nitrogens with zero attached hydrogens (tertiary/aromatic N) is 4. The third-order valence-electron chi connectivity index (χ3n) is 7.26. The van der Waals surface area contributed by atoms with Crippen LogP contribution in [0.5, 0.6) is 0 Å². The molecule has 1 atom stereocenters. The quantitative estimate of drug-likeness (QED) is 0.383. The molecule has 184 valence electrons. The molecular formula is C30H33N5O. The van der Waals surface area contributed by atoms with Gasteiger partial charge < -0.3 is 4.90 Å². The number of likely N-dealkylation sites (tertiary alicyclic amines) is 1. The van der Waals surface area contributed by atoms with Crippen LogP contribution in [0.1, 0.15) is 34.5 Å². The molecule has 36 heavy (non-hydrogen) atoms. The van der Waals surface area contributed by atoms with Crippen LogP contribution in [0.15, 0.2) is 91.3 Å². The lowest BCUT2D eigenvalue weighted by molar-refractivity contribution is 0.0597. The van der Waals surface area contributed by atoms with Gasteiger partial charge in [0.25, 0.3) is 5.91 Å². The number of piperidine rings is 1. The van der Waals surface area contributed by atoms with Crippen molar-refractivity contribution in [3.63, 3.8) is 0 Å². The Morgan fingerprint density at radius 1 is 1.00 bits per heavy atom. The first-order valence-electron chi connectivity index (χ1n) is 12.7. The van der Waals surface area contributed by atoms with Gasteiger partial charge in [0.05, 0.1) is 5.69 Å². The number of benzene rings is 2. The van der Waals surface area contributed by atoms with Gasteiger partial charge in [0.1, 0.15) is 5.69 Å². The predicted molar refractivity (Wildman–Crippen MR) is 142 cm³/mol. The van der Waals surface area contributed by atoms with E-state index in [2.05, 4.69) is 63.5 Å². The average molecular weight is 480 g/mol. The van der Waals surface area contributed by atoms with E-state index in [9.17, 15) is 4.79 Å². The van der Waals surface area contributed by atoms with Gasteiger partial charge in [0.15, 0.2) is 0 Å². The van der Waals surface area contributed by atoms with Crippen LogP contribution in [-0.2, 0) is 13.0 Å². The SMILES string of the molecule is CN(Cc1cccnc1)C(Cc1ccccc1)C1CCN(C(=O)c2cc(-c3ccccc3)n[nH]2)CC1. The van der Waals surface area contributed by atoms with E-state index in [1.807, 2.05) is 59.8 Å². The Balaban J connectivity index is 1.25. The van der Waals surface area contributed by atoms with E-state index in [4.69, 9.17) is 0 Å². The number of aromatic nitrogens is 3. The highest BCUT2D eigenvalue weighted by atomic mass is 16.2. The van der Waals surface area contributed by atoms with Crippen LogP contribution in [0.4, 0.5) is 0 Å². The summed E-state index contributed by atoms with van der Waals surface area (Å²) < 4.78 is 0. The molecule has 2 aromatic carbocycles. The maximum absolute atomic E-state index is 13.2. The van der Waals surface area contributed by atoms with Crippen molar-refractivity contribution < 1.29 is 4.79 Å². The molecule has 6 nitrogen and oxygen atoms in total. The lowest BCUT2D eigenvalue weighted by atomic mass is 9.84. The van der Waals surface area contributed by atoms with Crippen LogP contribution in [0, 0.1) is 5.92 Å². The first-order chi connectivity index (χ1) is 17.7. The predicted octanol–water partition coefficient (Wildman–Crippen LogP) is 5.07. The van der Waals surface area contributed by atoms with Gasteiger partial charge in [-0.3, -0.25) is 19.8 Å². The third-order valence-corrected chi connectivity index (χ3v) is 7.26. The van der Waals surface area contributed by atoms with E-state index in [0.29, 0.717) is 17.7 Å². The molecule has 1 fully saturated rings. The normalized spacial score (nSPS) is 15.2. The van der Waals surface area contributed by atoms with Gasteiger partial charge in [-0.15, -0.1) is 0 Å². The van der Waals surface area contributed by atoms with E-state index in [1.54, 1.807) is 0 Å². The van der Waals surface area contributed by atoms with Gasteiger partial charge in [-0.1, -0.05) is 66.7 Å². The van der Waals surface area contributed by atoms with Gasteiger partial charge in [-0.2, -0.15) is 5.10 Å². The van der Waals surface area contributed by atoms with Crippen molar-refractivity contribution in [2.24, 2.45) is 5.92 Å².